The molecule has 0 aliphatic heterocycles. The number of benzene rings is 1. The van der Waals surface area contributed by atoms with Gasteiger partial charge in [0.25, 0.3) is 0 Å². The topological polar surface area (TPSA) is 40.5 Å². The van der Waals surface area contributed by atoms with Crippen molar-refractivity contribution in [2.24, 2.45) is 0 Å². The number of halogens is 2. The third-order valence-corrected chi connectivity index (χ3v) is 2.01. The molecular formula is C10H11F2NO2. The van der Waals surface area contributed by atoms with E-state index in [9.17, 15) is 13.6 Å². The molecule has 0 bridgehead atoms. The fourth-order valence-corrected chi connectivity index (χ4v) is 1.11. The van der Waals surface area contributed by atoms with E-state index in [2.05, 4.69) is 0 Å². The maximum atomic E-state index is 12.8. The molecule has 0 fully saturated rings. The predicted octanol–water partition coefficient (Wildman–Crippen LogP) is 1.88. The van der Waals surface area contributed by atoms with Gasteiger partial charge in [-0.3, -0.25) is 4.79 Å². The monoisotopic (exact) mass is 215 g/mol. The lowest BCUT2D eigenvalue weighted by Gasteiger charge is -2.18. The van der Waals surface area contributed by atoms with Crippen LogP contribution in [0.2, 0.25) is 0 Å². The summed E-state index contributed by atoms with van der Waals surface area (Å²) in [6.45, 7) is 0.250. The Kier molecular flexibility index (Phi) is 3.60. The van der Waals surface area contributed by atoms with Gasteiger partial charge in [0.05, 0.1) is 6.42 Å². The summed E-state index contributed by atoms with van der Waals surface area (Å²) in [5, 5.41) is 8.45. The van der Waals surface area contributed by atoms with E-state index in [-0.39, 0.29) is 13.0 Å². The standard InChI is InChI=1S/C10H11F2NO2/c1-13(5-4-10(14)15)7-2-3-8(11)9(12)6-7/h2-3,6H,4-5H2,1H3,(H,14,15). The van der Waals surface area contributed by atoms with Crippen LogP contribution in [0.4, 0.5) is 14.5 Å². The average molecular weight is 215 g/mol. The maximum absolute atomic E-state index is 12.8. The SMILES string of the molecule is CN(CCC(=O)O)c1ccc(F)c(F)c1. The number of nitrogens with zero attached hydrogens (tertiary/aromatic N) is 1. The summed E-state index contributed by atoms with van der Waals surface area (Å²) in [7, 11) is 1.62. The van der Waals surface area contributed by atoms with Gasteiger partial charge in [0.15, 0.2) is 11.6 Å². The number of hydrogen-bond acceptors (Lipinski definition) is 2. The van der Waals surface area contributed by atoms with Crippen molar-refractivity contribution in [3.8, 4) is 0 Å². The van der Waals surface area contributed by atoms with Crippen LogP contribution in [0.3, 0.4) is 0 Å². The minimum Gasteiger partial charge on any atom is -0.481 e. The average Bonchev–Trinajstić information content (AvgIpc) is 2.18. The van der Waals surface area contributed by atoms with E-state index in [1.165, 1.54) is 6.07 Å². The van der Waals surface area contributed by atoms with Crippen LogP contribution < -0.4 is 4.90 Å². The molecule has 0 heterocycles. The minimum absolute atomic E-state index is 0.0461. The largest absolute Gasteiger partial charge is 0.481 e. The van der Waals surface area contributed by atoms with Gasteiger partial charge in [-0.15, -0.1) is 0 Å². The van der Waals surface area contributed by atoms with Gasteiger partial charge in [-0.25, -0.2) is 8.78 Å². The third-order valence-electron chi connectivity index (χ3n) is 2.01. The van der Waals surface area contributed by atoms with Crippen molar-refractivity contribution in [3.05, 3.63) is 29.8 Å². The molecule has 15 heavy (non-hydrogen) atoms. The van der Waals surface area contributed by atoms with Crippen molar-refractivity contribution in [3.63, 3.8) is 0 Å². The van der Waals surface area contributed by atoms with Crippen LogP contribution in [0, 0.1) is 11.6 Å². The van der Waals surface area contributed by atoms with Gasteiger partial charge in [0.2, 0.25) is 0 Å². The molecule has 82 valence electrons. The summed E-state index contributed by atoms with van der Waals surface area (Å²) in [6, 6.07) is 3.46. The first-order chi connectivity index (χ1) is 7.00. The Hall–Kier alpha value is -1.65. The van der Waals surface area contributed by atoms with Crippen molar-refractivity contribution in [2.75, 3.05) is 18.5 Å². The molecule has 0 saturated carbocycles. The summed E-state index contributed by atoms with van der Waals surface area (Å²) in [6.07, 6.45) is -0.0461. The van der Waals surface area contributed by atoms with Gasteiger partial charge >= 0.3 is 5.97 Å². The second-order valence-corrected chi connectivity index (χ2v) is 3.16. The lowest BCUT2D eigenvalue weighted by Crippen LogP contribution is -2.21. The lowest BCUT2D eigenvalue weighted by molar-refractivity contribution is -0.136. The Bertz CT molecular complexity index is 368. The Morgan fingerprint density at radius 2 is 2.07 bits per heavy atom. The van der Waals surface area contributed by atoms with Gasteiger partial charge in [0.1, 0.15) is 0 Å². The fourth-order valence-electron chi connectivity index (χ4n) is 1.11. The summed E-state index contributed by atoms with van der Waals surface area (Å²) in [5.74, 6) is -2.77. The predicted molar refractivity (Wildman–Crippen MR) is 51.9 cm³/mol. The van der Waals surface area contributed by atoms with Gasteiger partial charge in [-0.2, -0.15) is 0 Å². The Balaban J connectivity index is 2.69. The van der Waals surface area contributed by atoms with Crippen LogP contribution in [0.15, 0.2) is 18.2 Å². The molecule has 5 heteroatoms. The highest BCUT2D eigenvalue weighted by Gasteiger charge is 2.07. The number of rotatable bonds is 4. The number of carbonyl (C=O) groups is 1. The first kappa shape index (κ1) is 11.4. The summed E-state index contributed by atoms with van der Waals surface area (Å²) in [4.78, 5) is 11.8. The number of anilines is 1. The normalized spacial score (nSPS) is 10.1. The quantitative estimate of drug-likeness (QED) is 0.833. The second-order valence-electron chi connectivity index (χ2n) is 3.16. The number of carboxylic acids is 1. The molecule has 0 amide bonds. The van der Waals surface area contributed by atoms with E-state index in [0.29, 0.717) is 5.69 Å². The molecule has 3 nitrogen and oxygen atoms in total. The fraction of sp³-hybridized carbons (Fsp3) is 0.300. The highest BCUT2D eigenvalue weighted by atomic mass is 19.2. The van der Waals surface area contributed by atoms with Crippen LogP contribution in [0.1, 0.15) is 6.42 Å². The molecule has 0 spiro atoms. The zero-order valence-corrected chi connectivity index (χ0v) is 8.20. The van der Waals surface area contributed by atoms with Crippen LogP contribution in [-0.2, 0) is 4.79 Å². The molecular weight excluding hydrogens is 204 g/mol. The van der Waals surface area contributed by atoms with E-state index in [4.69, 9.17) is 5.11 Å². The Morgan fingerprint density at radius 1 is 1.40 bits per heavy atom. The lowest BCUT2D eigenvalue weighted by atomic mass is 10.2. The van der Waals surface area contributed by atoms with E-state index < -0.39 is 17.6 Å². The highest BCUT2D eigenvalue weighted by Crippen LogP contribution is 2.16. The zero-order chi connectivity index (χ0) is 11.4. The summed E-state index contributed by atoms with van der Waals surface area (Å²) < 4.78 is 25.4. The van der Waals surface area contributed by atoms with E-state index >= 15 is 0 Å². The maximum Gasteiger partial charge on any atom is 0.305 e. The van der Waals surface area contributed by atoms with Gasteiger partial charge < -0.3 is 10.0 Å². The van der Waals surface area contributed by atoms with Crippen LogP contribution in [0.5, 0.6) is 0 Å². The molecule has 1 N–H and O–H groups in total. The van der Waals surface area contributed by atoms with Crippen molar-refractivity contribution in [2.45, 2.75) is 6.42 Å². The van der Waals surface area contributed by atoms with E-state index in [1.54, 1.807) is 11.9 Å². The molecule has 0 saturated heterocycles. The molecule has 0 aliphatic rings. The molecule has 0 radical (unpaired) electrons. The molecule has 1 aromatic rings. The Morgan fingerprint density at radius 3 is 2.60 bits per heavy atom. The van der Waals surface area contributed by atoms with Gasteiger partial charge in [-0.1, -0.05) is 0 Å². The highest BCUT2D eigenvalue weighted by molar-refractivity contribution is 5.67. The van der Waals surface area contributed by atoms with Crippen molar-refractivity contribution in [1.82, 2.24) is 0 Å². The van der Waals surface area contributed by atoms with Gasteiger partial charge in [-0.05, 0) is 12.1 Å². The molecule has 1 aromatic carbocycles. The van der Waals surface area contributed by atoms with Gasteiger partial charge in [0, 0.05) is 25.3 Å². The van der Waals surface area contributed by atoms with Crippen LogP contribution >= 0.6 is 0 Å². The molecule has 0 aliphatic carbocycles. The number of carboxylic acid groups (broad SMARTS) is 1. The summed E-state index contributed by atoms with van der Waals surface area (Å²) in [5.41, 5.74) is 0.454. The van der Waals surface area contributed by atoms with Crippen LogP contribution in [-0.4, -0.2) is 24.7 Å². The molecule has 0 atom stereocenters. The zero-order valence-electron chi connectivity index (χ0n) is 8.20. The summed E-state index contributed by atoms with van der Waals surface area (Å²) >= 11 is 0. The Labute approximate surface area is 85.9 Å². The van der Waals surface area contributed by atoms with E-state index in [0.717, 1.165) is 12.1 Å². The van der Waals surface area contributed by atoms with Crippen LogP contribution in [0.25, 0.3) is 0 Å². The van der Waals surface area contributed by atoms with Crippen molar-refractivity contribution < 1.29 is 18.7 Å². The first-order valence-corrected chi connectivity index (χ1v) is 4.38. The van der Waals surface area contributed by atoms with Crippen molar-refractivity contribution in [1.29, 1.82) is 0 Å². The minimum atomic E-state index is -0.935. The second kappa shape index (κ2) is 4.72. The first-order valence-electron chi connectivity index (χ1n) is 4.38. The van der Waals surface area contributed by atoms with E-state index in [1.807, 2.05) is 0 Å². The molecule has 1 rings (SSSR count). The number of hydrogen-bond donors (Lipinski definition) is 1. The number of aliphatic carboxylic acids is 1. The molecule has 0 unspecified atom stereocenters. The van der Waals surface area contributed by atoms with Crippen molar-refractivity contribution >= 4 is 11.7 Å². The third kappa shape index (κ3) is 3.19. The molecule has 0 aromatic heterocycles. The smallest absolute Gasteiger partial charge is 0.305 e.